The molecule has 9 heteroatoms. The minimum atomic E-state index is -0.758. The molecule has 1 aliphatic rings. The molecule has 0 radical (unpaired) electrons. The molecular weight excluding hydrogens is 492 g/mol. The van der Waals surface area contributed by atoms with Crippen molar-refractivity contribution in [1.82, 2.24) is 14.0 Å². The van der Waals surface area contributed by atoms with Gasteiger partial charge in [-0.05, 0) is 36.8 Å². The molecule has 0 fully saturated rings. The number of aromatic nitrogens is 2. The molecular formula is C29H27F2N3O4. The predicted molar refractivity (Wildman–Crippen MR) is 139 cm³/mol. The van der Waals surface area contributed by atoms with Gasteiger partial charge in [-0.25, -0.2) is 18.1 Å². The second kappa shape index (κ2) is 10.6. The van der Waals surface area contributed by atoms with Crippen LogP contribution >= 0.6 is 0 Å². The lowest BCUT2D eigenvalue weighted by molar-refractivity contribution is 0.230. The van der Waals surface area contributed by atoms with Crippen LogP contribution in [0.1, 0.15) is 22.4 Å². The summed E-state index contributed by atoms with van der Waals surface area (Å²) in [4.78, 5) is 29.6. The second-order valence-electron chi connectivity index (χ2n) is 9.11. The van der Waals surface area contributed by atoms with E-state index >= 15 is 0 Å². The van der Waals surface area contributed by atoms with E-state index in [4.69, 9.17) is 9.47 Å². The highest BCUT2D eigenvalue weighted by Crippen LogP contribution is 2.24. The van der Waals surface area contributed by atoms with Crippen LogP contribution in [0.3, 0.4) is 0 Å². The number of para-hydroxylation sites is 1. The number of fused-ring (bicyclic) bond motifs is 1. The fraction of sp³-hybridized carbons (Fsp3) is 0.241. The summed E-state index contributed by atoms with van der Waals surface area (Å²) < 4.78 is 42.5. The Morgan fingerprint density at radius 3 is 2.34 bits per heavy atom. The standard InChI is InChI=1S/C29H27F2N3O4/c1-37-21-9-5-8-20(15-21)34-28(35)22-13-14-32(16-19-7-3-4-12-27(19)38-2)18-26(22)33(29(34)36)17-23-24(30)10-6-11-25(23)31/h3-12,15H,13-14,16-18H2,1-2H3. The van der Waals surface area contributed by atoms with Crippen LogP contribution in [0.15, 0.2) is 76.3 Å². The molecule has 0 saturated heterocycles. The summed E-state index contributed by atoms with van der Waals surface area (Å²) in [5.41, 5.74) is 0.806. The maximum atomic E-state index is 14.7. The Labute approximate surface area is 218 Å². The van der Waals surface area contributed by atoms with Gasteiger partial charge in [-0.2, -0.15) is 0 Å². The molecule has 2 heterocycles. The Balaban J connectivity index is 1.65. The average Bonchev–Trinajstić information content (AvgIpc) is 2.93. The maximum Gasteiger partial charge on any atom is 0.336 e. The van der Waals surface area contributed by atoms with Gasteiger partial charge < -0.3 is 9.47 Å². The third kappa shape index (κ3) is 4.72. The van der Waals surface area contributed by atoms with Gasteiger partial charge in [0, 0.05) is 48.1 Å². The molecule has 3 aromatic carbocycles. The van der Waals surface area contributed by atoms with E-state index in [0.29, 0.717) is 42.2 Å². The lowest BCUT2D eigenvalue weighted by atomic mass is 10.0. The van der Waals surface area contributed by atoms with Crippen molar-refractivity contribution in [2.75, 3.05) is 20.8 Å². The Bertz CT molecular complexity index is 1590. The number of ether oxygens (including phenoxy) is 2. The largest absolute Gasteiger partial charge is 0.497 e. The van der Waals surface area contributed by atoms with Crippen molar-refractivity contribution in [3.63, 3.8) is 0 Å². The van der Waals surface area contributed by atoms with E-state index < -0.39 is 22.9 Å². The van der Waals surface area contributed by atoms with Gasteiger partial charge in [-0.3, -0.25) is 14.3 Å². The molecule has 0 saturated carbocycles. The minimum absolute atomic E-state index is 0.241. The van der Waals surface area contributed by atoms with Crippen molar-refractivity contribution in [3.05, 3.63) is 122 Å². The second-order valence-corrected chi connectivity index (χ2v) is 9.11. The van der Waals surface area contributed by atoms with Crippen LogP contribution in [0, 0.1) is 11.6 Å². The van der Waals surface area contributed by atoms with Gasteiger partial charge in [0.05, 0.1) is 26.5 Å². The van der Waals surface area contributed by atoms with Crippen LogP contribution in [-0.4, -0.2) is 34.8 Å². The fourth-order valence-electron chi connectivity index (χ4n) is 4.93. The van der Waals surface area contributed by atoms with E-state index in [1.54, 1.807) is 31.4 Å². The van der Waals surface area contributed by atoms with Gasteiger partial charge >= 0.3 is 5.69 Å². The Morgan fingerprint density at radius 1 is 0.868 bits per heavy atom. The smallest absolute Gasteiger partial charge is 0.336 e. The summed E-state index contributed by atoms with van der Waals surface area (Å²) in [5.74, 6) is -0.309. The normalized spacial score (nSPS) is 13.3. The number of rotatable bonds is 7. The monoisotopic (exact) mass is 519 g/mol. The van der Waals surface area contributed by atoms with Crippen LogP contribution in [0.4, 0.5) is 8.78 Å². The zero-order chi connectivity index (χ0) is 26.8. The number of benzene rings is 3. The lowest BCUT2D eigenvalue weighted by Gasteiger charge is -2.31. The Kier molecular flexibility index (Phi) is 7.11. The molecule has 5 rings (SSSR count). The van der Waals surface area contributed by atoms with Gasteiger partial charge in [0.1, 0.15) is 23.1 Å². The third-order valence-electron chi connectivity index (χ3n) is 6.88. The van der Waals surface area contributed by atoms with Crippen molar-refractivity contribution < 1.29 is 18.3 Å². The number of nitrogens with zero attached hydrogens (tertiary/aromatic N) is 3. The highest BCUT2D eigenvalue weighted by atomic mass is 19.1. The molecule has 0 unspecified atom stereocenters. The molecule has 1 aromatic heterocycles. The summed E-state index contributed by atoms with van der Waals surface area (Å²) in [6, 6.07) is 17.8. The van der Waals surface area contributed by atoms with Gasteiger partial charge in [-0.1, -0.05) is 30.3 Å². The quantitative estimate of drug-likeness (QED) is 0.371. The molecule has 0 atom stereocenters. The van der Waals surface area contributed by atoms with Crippen LogP contribution in [0.25, 0.3) is 5.69 Å². The summed E-state index contributed by atoms with van der Waals surface area (Å²) in [6.45, 7) is 0.981. The van der Waals surface area contributed by atoms with Crippen molar-refractivity contribution in [3.8, 4) is 17.2 Å². The van der Waals surface area contributed by atoms with Crippen LogP contribution in [0.5, 0.6) is 11.5 Å². The van der Waals surface area contributed by atoms with E-state index in [1.165, 1.54) is 17.7 Å². The molecule has 1 aliphatic heterocycles. The molecule has 0 bridgehead atoms. The van der Waals surface area contributed by atoms with Gasteiger partial charge in [0.15, 0.2) is 0 Å². The molecule has 4 aromatic rings. The molecule has 0 aliphatic carbocycles. The maximum absolute atomic E-state index is 14.7. The molecule has 0 spiro atoms. The average molecular weight is 520 g/mol. The number of hydrogen-bond donors (Lipinski definition) is 0. The molecule has 196 valence electrons. The number of hydrogen-bond acceptors (Lipinski definition) is 5. The van der Waals surface area contributed by atoms with Gasteiger partial charge in [-0.15, -0.1) is 0 Å². The highest BCUT2D eigenvalue weighted by Gasteiger charge is 2.27. The first-order valence-electron chi connectivity index (χ1n) is 12.2. The van der Waals surface area contributed by atoms with Crippen molar-refractivity contribution in [2.45, 2.75) is 26.1 Å². The minimum Gasteiger partial charge on any atom is -0.497 e. The molecule has 0 N–H and O–H groups in total. The lowest BCUT2D eigenvalue weighted by Crippen LogP contribution is -2.47. The first-order chi connectivity index (χ1) is 18.4. The van der Waals surface area contributed by atoms with E-state index in [0.717, 1.165) is 28.0 Å². The van der Waals surface area contributed by atoms with Crippen molar-refractivity contribution in [2.24, 2.45) is 0 Å². The van der Waals surface area contributed by atoms with E-state index in [1.807, 2.05) is 24.3 Å². The number of halogens is 2. The van der Waals surface area contributed by atoms with Crippen LogP contribution in [0.2, 0.25) is 0 Å². The highest BCUT2D eigenvalue weighted by molar-refractivity contribution is 5.41. The molecule has 7 nitrogen and oxygen atoms in total. The fourth-order valence-corrected chi connectivity index (χ4v) is 4.93. The Morgan fingerprint density at radius 2 is 1.61 bits per heavy atom. The predicted octanol–water partition coefficient (Wildman–Crippen LogP) is 3.90. The zero-order valence-corrected chi connectivity index (χ0v) is 21.1. The van der Waals surface area contributed by atoms with Crippen LogP contribution < -0.4 is 20.7 Å². The summed E-state index contributed by atoms with van der Waals surface area (Å²) in [5, 5.41) is 0. The summed E-state index contributed by atoms with van der Waals surface area (Å²) in [6.07, 6.45) is 0.368. The SMILES string of the molecule is COc1cccc(-n2c(=O)c3c(n(Cc4c(F)cccc4F)c2=O)CN(Cc2ccccc2OC)CC3)c1. The van der Waals surface area contributed by atoms with Crippen molar-refractivity contribution in [1.29, 1.82) is 0 Å². The van der Waals surface area contributed by atoms with Crippen molar-refractivity contribution >= 4 is 0 Å². The summed E-state index contributed by atoms with van der Waals surface area (Å²) >= 11 is 0. The third-order valence-corrected chi connectivity index (χ3v) is 6.88. The van der Waals surface area contributed by atoms with E-state index in [2.05, 4.69) is 4.90 Å². The Hall–Kier alpha value is -4.24. The first-order valence-corrected chi connectivity index (χ1v) is 12.2. The topological polar surface area (TPSA) is 65.7 Å². The van der Waals surface area contributed by atoms with Gasteiger partial charge in [0.25, 0.3) is 5.56 Å². The first kappa shape index (κ1) is 25.4. The number of methoxy groups -OCH3 is 2. The van der Waals surface area contributed by atoms with E-state index in [-0.39, 0.29) is 18.7 Å². The summed E-state index contributed by atoms with van der Waals surface area (Å²) in [7, 11) is 3.09. The zero-order valence-electron chi connectivity index (χ0n) is 21.1. The van der Waals surface area contributed by atoms with Gasteiger partial charge in [0.2, 0.25) is 0 Å². The van der Waals surface area contributed by atoms with Crippen LogP contribution in [-0.2, 0) is 26.1 Å². The van der Waals surface area contributed by atoms with E-state index in [9.17, 15) is 18.4 Å². The molecule has 0 amide bonds. The molecule has 38 heavy (non-hydrogen) atoms.